The van der Waals surface area contributed by atoms with Crippen LogP contribution in [0.5, 0.6) is 5.75 Å². The fourth-order valence-corrected chi connectivity index (χ4v) is 5.66. The Labute approximate surface area is 158 Å². The molecular weight excluding hydrogens is 367 g/mol. The van der Waals surface area contributed by atoms with E-state index in [4.69, 9.17) is 14.5 Å². The first-order valence-corrected chi connectivity index (χ1v) is 10.3. The van der Waals surface area contributed by atoms with Gasteiger partial charge in [0.05, 0.1) is 32.1 Å². The van der Waals surface area contributed by atoms with E-state index in [0.29, 0.717) is 24.1 Å². The number of ether oxygens (including phenoxy) is 1. The van der Waals surface area contributed by atoms with Gasteiger partial charge in [0.25, 0.3) is 0 Å². The molecule has 0 radical (unpaired) electrons. The molecule has 1 fully saturated rings. The smallest absolute Gasteiger partial charge is 0.303 e. The van der Waals surface area contributed by atoms with Gasteiger partial charge in [-0.1, -0.05) is 30.3 Å². The lowest BCUT2D eigenvalue weighted by Gasteiger charge is -2.41. The average molecular weight is 390 g/mol. The average Bonchev–Trinajstić information content (AvgIpc) is 2.70. The molecule has 1 saturated heterocycles. The van der Waals surface area contributed by atoms with Crippen molar-refractivity contribution in [3.63, 3.8) is 0 Å². The van der Waals surface area contributed by atoms with Gasteiger partial charge < -0.3 is 14.5 Å². The van der Waals surface area contributed by atoms with Crippen LogP contribution < -0.4 is 15.5 Å². The topological polar surface area (TPSA) is 88.1 Å². The summed E-state index contributed by atoms with van der Waals surface area (Å²) in [6, 6.07) is 16.3. The van der Waals surface area contributed by atoms with E-state index in [1.807, 2.05) is 35.8 Å². The molecule has 7 nitrogen and oxygen atoms in total. The van der Waals surface area contributed by atoms with Gasteiger partial charge in [0.2, 0.25) is 0 Å². The fourth-order valence-electron chi connectivity index (χ4n) is 3.23. The second kappa shape index (κ2) is 8.78. The molecule has 0 aromatic heterocycles. The van der Waals surface area contributed by atoms with Crippen molar-refractivity contribution in [2.75, 3.05) is 26.8 Å². The summed E-state index contributed by atoms with van der Waals surface area (Å²) in [6.07, 6.45) is 0.615. The lowest BCUT2D eigenvalue weighted by Crippen LogP contribution is -2.41. The first kappa shape index (κ1) is 19.7. The maximum atomic E-state index is 13.9. The summed E-state index contributed by atoms with van der Waals surface area (Å²) in [4.78, 5) is 12.2. The zero-order chi connectivity index (χ0) is 19.3. The molecule has 0 aliphatic carbocycles. The third-order valence-corrected chi connectivity index (χ3v) is 7.13. The molecule has 27 heavy (non-hydrogen) atoms. The van der Waals surface area contributed by atoms with Gasteiger partial charge in [-0.3, -0.25) is 9.36 Å². The Bertz CT molecular complexity index is 813. The van der Waals surface area contributed by atoms with Crippen molar-refractivity contribution in [1.29, 1.82) is 0 Å². The van der Waals surface area contributed by atoms with E-state index in [2.05, 4.69) is 0 Å². The summed E-state index contributed by atoms with van der Waals surface area (Å²) >= 11 is 0. The van der Waals surface area contributed by atoms with Crippen molar-refractivity contribution in [2.45, 2.75) is 12.5 Å². The molecule has 2 unspecified atom stereocenters. The van der Waals surface area contributed by atoms with Crippen molar-refractivity contribution in [1.82, 2.24) is 10.2 Å². The Balaban J connectivity index is 2.00. The van der Waals surface area contributed by atoms with E-state index in [1.54, 1.807) is 36.0 Å². The van der Waals surface area contributed by atoms with E-state index in [9.17, 15) is 9.36 Å². The summed E-state index contributed by atoms with van der Waals surface area (Å²) in [5.74, 6) is 0.367. The number of carbonyl (C=O) groups excluding carboxylic acids is 1. The summed E-state index contributed by atoms with van der Waals surface area (Å²) < 4.78 is 26.5. The second-order valence-corrected chi connectivity index (χ2v) is 8.57. The van der Waals surface area contributed by atoms with E-state index < -0.39 is 7.52 Å². The highest BCUT2D eigenvalue weighted by Gasteiger charge is 2.43. The molecule has 8 heteroatoms. The van der Waals surface area contributed by atoms with Gasteiger partial charge in [-0.15, -0.1) is 0 Å². The molecule has 0 saturated carbocycles. The Morgan fingerprint density at radius 2 is 1.96 bits per heavy atom. The Morgan fingerprint density at radius 1 is 1.26 bits per heavy atom. The third kappa shape index (κ3) is 4.29. The van der Waals surface area contributed by atoms with E-state index >= 15 is 0 Å². The van der Waals surface area contributed by atoms with Gasteiger partial charge in [-0.05, 0) is 36.2 Å². The minimum Gasteiger partial charge on any atom is -0.497 e. The maximum Gasteiger partial charge on any atom is 0.303 e. The van der Waals surface area contributed by atoms with Crippen molar-refractivity contribution in [2.24, 2.45) is 0 Å². The normalized spacial score (nSPS) is 23.1. The highest BCUT2D eigenvalue weighted by molar-refractivity contribution is 7.64. The van der Waals surface area contributed by atoms with Crippen LogP contribution in [0.2, 0.25) is 0 Å². The molecule has 0 spiro atoms. The van der Waals surface area contributed by atoms with Crippen molar-refractivity contribution < 1.29 is 23.8 Å². The highest BCUT2D eigenvalue weighted by atomic mass is 31.2. The zero-order valence-electron chi connectivity index (χ0n) is 15.1. The van der Waals surface area contributed by atoms with Gasteiger partial charge in [0, 0.05) is 6.04 Å². The van der Waals surface area contributed by atoms with Crippen molar-refractivity contribution in [3.05, 3.63) is 60.2 Å². The molecule has 1 aliphatic rings. The van der Waals surface area contributed by atoms with Crippen LogP contribution in [0, 0.1) is 0 Å². The molecule has 1 heterocycles. The van der Waals surface area contributed by atoms with Crippen molar-refractivity contribution >= 4 is 18.6 Å². The molecule has 2 atom stereocenters. The number of nitrogens with zero attached hydrogens (tertiary/aromatic N) is 1. The van der Waals surface area contributed by atoms with Gasteiger partial charge in [-0.25, -0.2) is 4.67 Å². The minimum atomic E-state index is -3.46. The molecule has 2 N–H and O–H groups in total. The number of ketones is 1. The first-order chi connectivity index (χ1) is 13.1. The van der Waals surface area contributed by atoms with E-state index in [1.165, 1.54) is 0 Å². The monoisotopic (exact) mass is 390 g/mol. The number of rotatable bonds is 7. The zero-order valence-corrected chi connectivity index (χ0v) is 16.0. The summed E-state index contributed by atoms with van der Waals surface area (Å²) in [5, 5.41) is 9.36. The summed E-state index contributed by atoms with van der Waals surface area (Å²) in [6.45, 7) is 0.00284. The van der Waals surface area contributed by atoms with Gasteiger partial charge in [0.15, 0.2) is 5.78 Å². The van der Waals surface area contributed by atoms with Crippen LogP contribution in [0.15, 0.2) is 54.6 Å². The number of hydroxylamine groups is 1. The van der Waals surface area contributed by atoms with Crippen LogP contribution in [-0.4, -0.2) is 42.5 Å². The number of hydrogen-bond donors (Lipinski definition) is 2. The third-order valence-electron chi connectivity index (χ3n) is 4.55. The van der Waals surface area contributed by atoms with Crippen LogP contribution >= 0.6 is 7.52 Å². The molecule has 0 bridgehead atoms. The van der Waals surface area contributed by atoms with Crippen LogP contribution in [0.1, 0.15) is 18.0 Å². The molecule has 2 aromatic carbocycles. The number of Topliss-reactive ketones (excluding diaryl/α,β-unsaturated/α-hetero) is 1. The predicted molar refractivity (Wildman–Crippen MR) is 101 cm³/mol. The minimum absolute atomic E-state index is 0.101. The quantitative estimate of drug-likeness (QED) is 0.555. The summed E-state index contributed by atoms with van der Waals surface area (Å²) in [5.41, 5.74) is 2.84. The lowest BCUT2D eigenvalue weighted by molar-refractivity contribution is -0.120. The molecule has 2 aromatic rings. The fraction of sp³-hybridized carbons (Fsp3) is 0.316. The van der Waals surface area contributed by atoms with E-state index in [0.717, 1.165) is 5.56 Å². The number of methoxy groups -OCH3 is 1. The number of benzene rings is 2. The molecular formula is C19H23N2O5P. The Kier molecular flexibility index (Phi) is 6.42. The summed E-state index contributed by atoms with van der Waals surface area (Å²) in [7, 11) is -1.90. The number of nitrogens with one attached hydrogen (secondary N) is 1. The van der Waals surface area contributed by atoms with Crippen LogP contribution in [0.25, 0.3) is 0 Å². The van der Waals surface area contributed by atoms with Crippen molar-refractivity contribution in [3.8, 4) is 5.75 Å². The highest BCUT2D eigenvalue weighted by Crippen LogP contribution is 2.57. The lowest BCUT2D eigenvalue weighted by atomic mass is 10.0. The van der Waals surface area contributed by atoms with Gasteiger partial charge >= 0.3 is 7.52 Å². The molecule has 144 valence electrons. The SMILES string of the molecule is COc1ccc(P2(=O)OCCC(c3ccccc3)N2CC(=O)CNO)cc1. The largest absolute Gasteiger partial charge is 0.497 e. The number of carbonyl (C=O) groups is 1. The van der Waals surface area contributed by atoms with Gasteiger partial charge in [0.1, 0.15) is 5.75 Å². The number of hydrogen-bond acceptors (Lipinski definition) is 6. The van der Waals surface area contributed by atoms with Crippen LogP contribution in [-0.2, 0) is 13.9 Å². The standard InChI is InChI=1S/C19H23N2O5P/c1-25-17-7-9-18(10-8-17)27(24)21(14-16(22)13-20-23)19(11-12-26-27)15-5-3-2-4-6-15/h2-10,19-20,23H,11-14H2,1H3. The Hall–Kier alpha value is -2.02. The van der Waals surface area contributed by atoms with Crippen LogP contribution in [0.3, 0.4) is 0 Å². The van der Waals surface area contributed by atoms with E-state index in [-0.39, 0.29) is 24.9 Å². The molecule has 1 aliphatic heterocycles. The predicted octanol–water partition coefficient (Wildman–Crippen LogP) is 2.53. The molecule has 3 rings (SSSR count). The van der Waals surface area contributed by atoms with Gasteiger partial charge in [-0.2, -0.15) is 5.48 Å². The van der Waals surface area contributed by atoms with Crippen LogP contribution in [0.4, 0.5) is 0 Å². The first-order valence-electron chi connectivity index (χ1n) is 8.68. The molecule has 0 amide bonds. The second-order valence-electron chi connectivity index (χ2n) is 6.24. The maximum absolute atomic E-state index is 13.9. The Morgan fingerprint density at radius 3 is 2.59 bits per heavy atom.